The van der Waals surface area contributed by atoms with Crippen LogP contribution in [0.25, 0.3) is 0 Å². The van der Waals surface area contributed by atoms with Crippen molar-refractivity contribution in [1.82, 2.24) is 0 Å². The van der Waals surface area contributed by atoms with Gasteiger partial charge in [0.05, 0.1) is 6.61 Å². The van der Waals surface area contributed by atoms with Crippen LogP contribution in [0.3, 0.4) is 0 Å². The first-order chi connectivity index (χ1) is 6.11. The number of carboxylic acids is 1. The fourth-order valence-corrected chi connectivity index (χ4v) is 0.685. The smallest absolute Gasteiger partial charge is 0.334 e. The summed E-state index contributed by atoms with van der Waals surface area (Å²) in [5, 5.41) is 16.7. The van der Waals surface area contributed by atoms with Crippen LogP contribution in [0.4, 0.5) is 0 Å². The number of carbonyl (C=O) groups excluding carboxylic acids is 1. The van der Waals surface area contributed by atoms with Crippen LogP contribution in [0.2, 0.25) is 0 Å². The Bertz CT molecular complexity index is 219. The van der Waals surface area contributed by atoms with Crippen LogP contribution in [0.1, 0.15) is 13.3 Å². The summed E-state index contributed by atoms with van der Waals surface area (Å²) in [7, 11) is 0. The lowest BCUT2D eigenvalue weighted by Gasteiger charge is -2.03. The van der Waals surface area contributed by atoms with Crippen LogP contribution in [-0.4, -0.2) is 35.4 Å². The summed E-state index contributed by atoms with van der Waals surface area (Å²) in [5.41, 5.74) is 0.0842. The van der Waals surface area contributed by atoms with Gasteiger partial charge in [-0.1, -0.05) is 6.92 Å². The molecule has 5 nitrogen and oxygen atoms in total. The van der Waals surface area contributed by atoms with E-state index in [1.54, 1.807) is 6.92 Å². The molecule has 0 aromatic rings. The molecule has 0 aliphatic heterocycles. The average molecular weight is 188 g/mol. The Kier molecular flexibility index (Phi) is 5.54. The highest BCUT2D eigenvalue weighted by Crippen LogP contribution is 2.02. The largest absolute Gasteiger partial charge is 0.478 e. The molecule has 0 saturated carbocycles. The highest BCUT2D eigenvalue weighted by atomic mass is 16.5. The van der Waals surface area contributed by atoms with Gasteiger partial charge in [-0.15, -0.1) is 0 Å². The zero-order valence-corrected chi connectivity index (χ0v) is 7.32. The summed E-state index contributed by atoms with van der Waals surface area (Å²) >= 11 is 0. The molecule has 0 fully saturated rings. The topological polar surface area (TPSA) is 83.8 Å². The minimum atomic E-state index is -1.18. The quantitative estimate of drug-likeness (QED) is 0.466. The molecule has 0 aromatic heterocycles. The molecule has 13 heavy (non-hydrogen) atoms. The number of carboxylic acid groups (broad SMARTS) is 1. The summed E-state index contributed by atoms with van der Waals surface area (Å²) in [5.74, 6) is -1.88. The molecule has 0 atom stereocenters. The molecule has 0 unspecified atom stereocenters. The van der Waals surface area contributed by atoms with E-state index in [0.717, 1.165) is 6.08 Å². The number of aliphatic hydroxyl groups excluding tert-OH is 1. The van der Waals surface area contributed by atoms with Gasteiger partial charge in [0.25, 0.3) is 0 Å². The van der Waals surface area contributed by atoms with Gasteiger partial charge in [-0.25, -0.2) is 9.59 Å². The highest BCUT2D eigenvalue weighted by molar-refractivity contribution is 5.95. The summed E-state index contributed by atoms with van der Waals surface area (Å²) in [6, 6.07) is 0. The molecule has 0 bridgehead atoms. The Morgan fingerprint density at radius 3 is 2.46 bits per heavy atom. The number of rotatable bonds is 5. The third-order valence-electron chi connectivity index (χ3n) is 1.27. The summed E-state index contributed by atoms with van der Waals surface area (Å²) < 4.78 is 4.52. The Morgan fingerprint density at radius 1 is 1.46 bits per heavy atom. The van der Waals surface area contributed by atoms with Gasteiger partial charge in [-0.2, -0.15) is 0 Å². The number of esters is 1. The summed E-state index contributed by atoms with van der Waals surface area (Å²) in [6.45, 7) is 1.26. The molecular formula is C8H12O5. The molecule has 74 valence electrons. The van der Waals surface area contributed by atoms with Crippen LogP contribution in [-0.2, 0) is 14.3 Å². The van der Waals surface area contributed by atoms with Crippen molar-refractivity contribution in [3.63, 3.8) is 0 Å². The molecule has 0 spiro atoms. The maximum atomic E-state index is 11.0. The van der Waals surface area contributed by atoms with E-state index in [0.29, 0.717) is 0 Å². The third kappa shape index (κ3) is 4.97. The molecule has 0 aliphatic rings. The first-order valence-electron chi connectivity index (χ1n) is 3.83. The van der Waals surface area contributed by atoms with Crippen molar-refractivity contribution in [3.8, 4) is 0 Å². The number of hydrogen-bond donors (Lipinski definition) is 2. The van der Waals surface area contributed by atoms with Crippen molar-refractivity contribution < 1.29 is 24.5 Å². The molecule has 2 N–H and O–H groups in total. The van der Waals surface area contributed by atoms with E-state index in [1.807, 2.05) is 0 Å². The van der Waals surface area contributed by atoms with Gasteiger partial charge in [0.2, 0.25) is 0 Å². The van der Waals surface area contributed by atoms with Gasteiger partial charge in [0.1, 0.15) is 6.61 Å². The Hall–Kier alpha value is -1.36. The van der Waals surface area contributed by atoms with Gasteiger partial charge < -0.3 is 14.9 Å². The zero-order chi connectivity index (χ0) is 10.3. The fourth-order valence-electron chi connectivity index (χ4n) is 0.685. The second-order valence-corrected chi connectivity index (χ2v) is 2.22. The van der Waals surface area contributed by atoms with E-state index in [9.17, 15) is 9.59 Å². The van der Waals surface area contributed by atoms with Crippen molar-refractivity contribution in [1.29, 1.82) is 0 Å². The van der Waals surface area contributed by atoms with Gasteiger partial charge in [-0.05, 0) is 6.42 Å². The van der Waals surface area contributed by atoms with Gasteiger partial charge >= 0.3 is 11.9 Å². The van der Waals surface area contributed by atoms with Gasteiger partial charge in [-0.3, -0.25) is 0 Å². The Labute approximate surface area is 75.6 Å². The second kappa shape index (κ2) is 6.19. The minimum Gasteiger partial charge on any atom is -0.478 e. The molecule has 0 rings (SSSR count). The van der Waals surface area contributed by atoms with Gasteiger partial charge in [0, 0.05) is 11.6 Å². The fraction of sp³-hybridized carbons (Fsp3) is 0.500. The number of ether oxygens (including phenoxy) is 1. The van der Waals surface area contributed by atoms with Crippen LogP contribution >= 0.6 is 0 Å². The van der Waals surface area contributed by atoms with Crippen molar-refractivity contribution in [2.45, 2.75) is 13.3 Å². The third-order valence-corrected chi connectivity index (χ3v) is 1.27. The standard InChI is InChI=1S/C8H12O5/c1-2-6(5-7(10)11)8(12)13-4-3-9/h5,9H,2-4H2,1H3,(H,10,11)/b6-5+. The number of carbonyl (C=O) groups is 2. The maximum Gasteiger partial charge on any atom is 0.334 e. The minimum absolute atomic E-state index is 0.0842. The molecule has 0 heterocycles. The van der Waals surface area contributed by atoms with Crippen molar-refractivity contribution >= 4 is 11.9 Å². The van der Waals surface area contributed by atoms with Crippen molar-refractivity contribution in [2.24, 2.45) is 0 Å². The lowest BCUT2D eigenvalue weighted by Crippen LogP contribution is -2.11. The SMILES string of the molecule is CC/C(=C\C(=O)O)C(=O)OCCO. The summed E-state index contributed by atoms with van der Waals surface area (Å²) in [4.78, 5) is 21.2. The van der Waals surface area contributed by atoms with Crippen LogP contribution < -0.4 is 0 Å². The highest BCUT2D eigenvalue weighted by Gasteiger charge is 2.09. The molecule has 0 radical (unpaired) electrons. The van der Waals surface area contributed by atoms with Crippen molar-refractivity contribution in [3.05, 3.63) is 11.6 Å². The monoisotopic (exact) mass is 188 g/mol. The summed E-state index contributed by atoms with van der Waals surface area (Å²) in [6.07, 6.45) is 1.09. The normalized spacial score (nSPS) is 11.1. The molecule has 0 aliphatic carbocycles. The van der Waals surface area contributed by atoms with E-state index in [4.69, 9.17) is 10.2 Å². The number of aliphatic carboxylic acids is 1. The van der Waals surface area contributed by atoms with E-state index < -0.39 is 11.9 Å². The molecule has 0 aromatic carbocycles. The van der Waals surface area contributed by atoms with Crippen molar-refractivity contribution in [2.75, 3.05) is 13.2 Å². The lowest BCUT2D eigenvalue weighted by atomic mass is 10.2. The van der Waals surface area contributed by atoms with E-state index in [2.05, 4.69) is 4.74 Å². The average Bonchev–Trinajstić information content (AvgIpc) is 2.09. The number of aliphatic hydroxyl groups is 1. The van der Waals surface area contributed by atoms with E-state index in [-0.39, 0.29) is 25.2 Å². The predicted octanol–water partition coefficient (Wildman–Crippen LogP) is -0.0571. The lowest BCUT2D eigenvalue weighted by molar-refractivity contribution is -0.141. The number of hydrogen-bond acceptors (Lipinski definition) is 4. The predicted molar refractivity (Wildman–Crippen MR) is 44.1 cm³/mol. The van der Waals surface area contributed by atoms with E-state index >= 15 is 0 Å². The molecule has 5 heteroatoms. The Balaban J connectivity index is 4.23. The van der Waals surface area contributed by atoms with Crippen LogP contribution in [0.15, 0.2) is 11.6 Å². The van der Waals surface area contributed by atoms with Gasteiger partial charge in [0.15, 0.2) is 0 Å². The van der Waals surface area contributed by atoms with Crippen LogP contribution in [0, 0.1) is 0 Å². The second-order valence-electron chi connectivity index (χ2n) is 2.22. The maximum absolute atomic E-state index is 11.0. The first kappa shape index (κ1) is 11.6. The Morgan fingerprint density at radius 2 is 2.08 bits per heavy atom. The molecule has 0 amide bonds. The molecule has 0 saturated heterocycles. The zero-order valence-electron chi connectivity index (χ0n) is 7.32. The van der Waals surface area contributed by atoms with Crippen LogP contribution in [0.5, 0.6) is 0 Å². The van der Waals surface area contributed by atoms with E-state index in [1.165, 1.54) is 0 Å². The first-order valence-corrected chi connectivity index (χ1v) is 3.83. The molecular weight excluding hydrogens is 176 g/mol.